The van der Waals surface area contributed by atoms with Crippen LogP contribution in [0.2, 0.25) is 0 Å². The fraction of sp³-hybridized carbons (Fsp3) is 0.400. The molecule has 0 aliphatic carbocycles. The molecular weight excluding hydrogens is 274 g/mol. The van der Waals surface area contributed by atoms with Gasteiger partial charge in [0.2, 0.25) is 0 Å². The van der Waals surface area contributed by atoms with E-state index in [9.17, 15) is 14.4 Å². The Morgan fingerprint density at radius 1 is 0.952 bits per heavy atom. The summed E-state index contributed by atoms with van der Waals surface area (Å²) in [6.07, 6.45) is 0. The van der Waals surface area contributed by atoms with E-state index in [0.717, 1.165) is 0 Å². The van der Waals surface area contributed by atoms with Crippen molar-refractivity contribution in [2.45, 2.75) is 20.8 Å². The largest absolute Gasteiger partial charge is 0.462 e. The molecule has 0 atom stereocenters. The van der Waals surface area contributed by atoms with Crippen molar-refractivity contribution >= 4 is 17.8 Å². The Bertz CT molecular complexity index is 539. The molecule has 1 amide bonds. The zero-order valence-corrected chi connectivity index (χ0v) is 12.4. The van der Waals surface area contributed by atoms with Gasteiger partial charge in [-0.25, -0.2) is 9.59 Å². The number of ether oxygens (including phenoxy) is 2. The predicted molar refractivity (Wildman–Crippen MR) is 76.4 cm³/mol. The average molecular weight is 293 g/mol. The third kappa shape index (κ3) is 4.30. The van der Waals surface area contributed by atoms with Crippen molar-refractivity contribution in [3.63, 3.8) is 0 Å². The summed E-state index contributed by atoms with van der Waals surface area (Å²) < 4.78 is 9.79. The number of hydrogen-bond donors (Lipinski definition) is 1. The highest BCUT2D eigenvalue weighted by atomic mass is 16.5. The molecule has 0 saturated heterocycles. The van der Waals surface area contributed by atoms with Gasteiger partial charge in [-0.05, 0) is 39.0 Å². The molecule has 0 aliphatic heterocycles. The highest BCUT2D eigenvalue weighted by molar-refractivity contribution is 6.07. The number of amides is 1. The van der Waals surface area contributed by atoms with E-state index in [4.69, 9.17) is 9.47 Å². The Balaban J connectivity index is 3.22. The first-order valence-corrected chi connectivity index (χ1v) is 6.81. The molecule has 0 fully saturated rings. The molecule has 0 unspecified atom stereocenters. The number of benzene rings is 1. The third-order valence-corrected chi connectivity index (χ3v) is 2.61. The van der Waals surface area contributed by atoms with Crippen molar-refractivity contribution in [1.29, 1.82) is 0 Å². The molecule has 6 nitrogen and oxygen atoms in total. The number of rotatable bonds is 6. The van der Waals surface area contributed by atoms with Crippen molar-refractivity contribution in [1.82, 2.24) is 5.32 Å². The lowest BCUT2D eigenvalue weighted by atomic mass is 10.0. The Morgan fingerprint density at radius 2 is 1.57 bits per heavy atom. The van der Waals surface area contributed by atoms with Crippen LogP contribution in [-0.2, 0) is 9.47 Å². The molecule has 6 heteroatoms. The lowest BCUT2D eigenvalue weighted by Gasteiger charge is -2.10. The van der Waals surface area contributed by atoms with Crippen LogP contribution in [0.5, 0.6) is 0 Å². The maximum atomic E-state index is 12.0. The Morgan fingerprint density at radius 3 is 2.14 bits per heavy atom. The molecule has 1 aromatic rings. The van der Waals surface area contributed by atoms with Crippen LogP contribution in [0, 0.1) is 0 Å². The standard InChI is InChI=1S/C15H19NO5/c1-4-16-13(17)12-9-10(14(18)20-5-2)7-8-11(12)15(19)21-6-3/h7-9H,4-6H2,1-3H3,(H,16,17). The lowest BCUT2D eigenvalue weighted by Crippen LogP contribution is -2.26. The summed E-state index contributed by atoms with van der Waals surface area (Å²) in [5.41, 5.74) is 0.433. The van der Waals surface area contributed by atoms with E-state index in [1.54, 1.807) is 20.8 Å². The lowest BCUT2D eigenvalue weighted by molar-refractivity contribution is 0.0509. The van der Waals surface area contributed by atoms with Crippen molar-refractivity contribution < 1.29 is 23.9 Å². The Kier molecular flexibility index (Phi) is 6.39. The zero-order chi connectivity index (χ0) is 15.8. The van der Waals surface area contributed by atoms with Gasteiger partial charge in [0.1, 0.15) is 0 Å². The van der Waals surface area contributed by atoms with Crippen molar-refractivity contribution in [3.05, 3.63) is 34.9 Å². The number of hydrogen-bond acceptors (Lipinski definition) is 5. The quantitative estimate of drug-likeness (QED) is 0.809. The van der Waals surface area contributed by atoms with Gasteiger partial charge in [0.25, 0.3) is 5.91 Å². The molecule has 0 radical (unpaired) electrons. The van der Waals surface area contributed by atoms with Crippen LogP contribution in [0.3, 0.4) is 0 Å². The maximum Gasteiger partial charge on any atom is 0.338 e. The van der Waals surface area contributed by atoms with E-state index in [1.165, 1.54) is 18.2 Å². The fourth-order valence-electron chi connectivity index (χ4n) is 1.72. The van der Waals surface area contributed by atoms with Gasteiger partial charge < -0.3 is 14.8 Å². The summed E-state index contributed by atoms with van der Waals surface area (Å²) in [5, 5.41) is 2.60. The van der Waals surface area contributed by atoms with Crippen LogP contribution in [-0.4, -0.2) is 37.6 Å². The van der Waals surface area contributed by atoms with Gasteiger partial charge in [-0.1, -0.05) is 0 Å². The zero-order valence-electron chi connectivity index (χ0n) is 12.4. The summed E-state index contributed by atoms with van der Waals surface area (Å²) in [5.74, 6) is -1.58. The van der Waals surface area contributed by atoms with Gasteiger partial charge in [0.05, 0.1) is 29.9 Å². The van der Waals surface area contributed by atoms with Crippen LogP contribution < -0.4 is 5.32 Å². The summed E-state index contributed by atoms with van der Waals surface area (Å²) in [6, 6.07) is 4.18. The van der Waals surface area contributed by atoms with E-state index >= 15 is 0 Å². The number of carbonyl (C=O) groups excluding carboxylic acids is 3. The molecule has 0 aromatic heterocycles. The van der Waals surface area contributed by atoms with E-state index < -0.39 is 17.8 Å². The summed E-state index contributed by atoms with van der Waals surface area (Å²) in [6.45, 7) is 5.97. The molecule has 0 saturated carbocycles. The molecule has 1 aromatic carbocycles. The molecule has 0 aliphatic rings. The molecule has 0 heterocycles. The minimum absolute atomic E-state index is 0.0980. The molecule has 21 heavy (non-hydrogen) atoms. The van der Waals surface area contributed by atoms with Crippen LogP contribution in [0.4, 0.5) is 0 Å². The first-order valence-electron chi connectivity index (χ1n) is 6.81. The smallest absolute Gasteiger partial charge is 0.338 e. The van der Waals surface area contributed by atoms with Gasteiger partial charge in [0, 0.05) is 6.54 Å². The van der Waals surface area contributed by atoms with Crippen LogP contribution >= 0.6 is 0 Å². The first-order chi connectivity index (χ1) is 10.0. The predicted octanol–water partition coefficient (Wildman–Crippen LogP) is 1.79. The van der Waals surface area contributed by atoms with E-state index in [0.29, 0.717) is 6.54 Å². The second-order valence-electron chi connectivity index (χ2n) is 4.06. The van der Waals surface area contributed by atoms with Crippen molar-refractivity contribution in [2.24, 2.45) is 0 Å². The fourth-order valence-corrected chi connectivity index (χ4v) is 1.72. The van der Waals surface area contributed by atoms with Gasteiger partial charge >= 0.3 is 11.9 Å². The Labute approximate surface area is 123 Å². The summed E-state index contributed by atoms with van der Waals surface area (Å²) in [7, 11) is 0. The third-order valence-electron chi connectivity index (χ3n) is 2.61. The molecule has 1 rings (SSSR count). The molecule has 114 valence electrons. The van der Waals surface area contributed by atoms with E-state index in [1.807, 2.05) is 0 Å². The number of nitrogens with one attached hydrogen (secondary N) is 1. The monoisotopic (exact) mass is 293 g/mol. The highest BCUT2D eigenvalue weighted by Gasteiger charge is 2.20. The van der Waals surface area contributed by atoms with Gasteiger partial charge in [-0.2, -0.15) is 0 Å². The second kappa shape index (κ2) is 8.04. The van der Waals surface area contributed by atoms with Crippen LogP contribution in [0.1, 0.15) is 51.8 Å². The SMILES string of the molecule is CCNC(=O)c1cc(C(=O)OCC)ccc1C(=O)OCC. The van der Waals surface area contributed by atoms with Crippen molar-refractivity contribution in [2.75, 3.05) is 19.8 Å². The normalized spacial score (nSPS) is 9.86. The van der Waals surface area contributed by atoms with Crippen LogP contribution in [0.15, 0.2) is 18.2 Å². The molecular formula is C15H19NO5. The second-order valence-corrected chi connectivity index (χ2v) is 4.06. The summed E-state index contributed by atoms with van der Waals surface area (Å²) >= 11 is 0. The maximum absolute atomic E-state index is 12.0. The molecule has 0 spiro atoms. The molecule has 0 bridgehead atoms. The topological polar surface area (TPSA) is 81.7 Å². The van der Waals surface area contributed by atoms with Gasteiger partial charge in [0.15, 0.2) is 0 Å². The first kappa shape index (κ1) is 16.7. The van der Waals surface area contributed by atoms with E-state index in [2.05, 4.69) is 5.32 Å². The number of carbonyl (C=O) groups is 3. The van der Waals surface area contributed by atoms with Crippen LogP contribution in [0.25, 0.3) is 0 Å². The highest BCUT2D eigenvalue weighted by Crippen LogP contribution is 2.15. The van der Waals surface area contributed by atoms with Gasteiger partial charge in [-0.3, -0.25) is 4.79 Å². The average Bonchev–Trinajstić information content (AvgIpc) is 2.47. The van der Waals surface area contributed by atoms with Gasteiger partial charge in [-0.15, -0.1) is 0 Å². The Hall–Kier alpha value is -2.37. The minimum Gasteiger partial charge on any atom is -0.462 e. The molecule has 1 N–H and O–H groups in total. The number of esters is 2. The van der Waals surface area contributed by atoms with Crippen molar-refractivity contribution in [3.8, 4) is 0 Å². The minimum atomic E-state index is -0.603. The summed E-state index contributed by atoms with van der Waals surface area (Å²) in [4.78, 5) is 35.6. The van der Waals surface area contributed by atoms with E-state index in [-0.39, 0.29) is 29.9 Å².